The summed E-state index contributed by atoms with van der Waals surface area (Å²) < 4.78 is 5.48. The third kappa shape index (κ3) is 5.14. The number of nitrogens with one attached hydrogen (secondary N) is 2. The van der Waals surface area contributed by atoms with Crippen LogP contribution in [-0.2, 0) is 16.1 Å². The molecule has 3 aliphatic heterocycles. The van der Waals surface area contributed by atoms with E-state index in [4.69, 9.17) is 4.74 Å². The van der Waals surface area contributed by atoms with E-state index in [1.54, 1.807) is 6.20 Å². The van der Waals surface area contributed by atoms with Crippen LogP contribution in [0.15, 0.2) is 60.6 Å². The van der Waals surface area contributed by atoms with Crippen LogP contribution in [0.2, 0.25) is 0 Å². The smallest absolute Gasteiger partial charge is 0.256 e. The molecule has 1 aromatic carbocycles. The number of pyridine rings is 2. The Hall–Kier alpha value is -3.75. The highest BCUT2D eigenvalue weighted by molar-refractivity contribution is 6.28. The fraction of sp³-hybridized carbons (Fsp3) is 0.367. The van der Waals surface area contributed by atoms with Gasteiger partial charge in [0, 0.05) is 74.0 Å². The summed E-state index contributed by atoms with van der Waals surface area (Å²) in [4.78, 5) is 27.4. The molecule has 0 atom stereocenters. The molecule has 8 nitrogen and oxygen atoms in total. The molecule has 0 bridgehead atoms. The first kappa shape index (κ1) is 24.6. The molecule has 0 saturated carbocycles. The average Bonchev–Trinajstić information content (AvgIpc) is 2.93. The number of amides is 1. The third-order valence-electron chi connectivity index (χ3n) is 7.61. The summed E-state index contributed by atoms with van der Waals surface area (Å²) in [5.74, 6) is 0.864. The number of carbonyl (C=O) groups is 1. The fourth-order valence-corrected chi connectivity index (χ4v) is 5.29. The highest BCUT2D eigenvalue weighted by atomic mass is 16.5. The molecule has 8 heteroatoms. The lowest BCUT2D eigenvalue weighted by Crippen LogP contribution is -2.37. The van der Waals surface area contributed by atoms with Crippen LogP contribution in [0.25, 0.3) is 16.7 Å². The lowest BCUT2D eigenvalue weighted by atomic mass is 9.90. The van der Waals surface area contributed by atoms with Crippen LogP contribution in [-0.4, -0.2) is 66.7 Å². The van der Waals surface area contributed by atoms with Gasteiger partial charge in [0.1, 0.15) is 5.82 Å². The van der Waals surface area contributed by atoms with Gasteiger partial charge in [-0.2, -0.15) is 0 Å². The summed E-state index contributed by atoms with van der Waals surface area (Å²) in [5.41, 5.74) is 7.71. The third-order valence-corrected chi connectivity index (χ3v) is 7.61. The molecule has 0 radical (unpaired) electrons. The van der Waals surface area contributed by atoms with Crippen molar-refractivity contribution in [3.05, 3.63) is 71.7 Å². The molecule has 0 aliphatic carbocycles. The fourth-order valence-electron chi connectivity index (χ4n) is 5.29. The number of carbonyl (C=O) groups excluding carboxylic acids is 1. The van der Waals surface area contributed by atoms with Gasteiger partial charge in [-0.15, -0.1) is 0 Å². The van der Waals surface area contributed by atoms with Crippen molar-refractivity contribution in [3.8, 4) is 11.1 Å². The van der Waals surface area contributed by atoms with E-state index in [1.807, 2.05) is 24.5 Å². The first-order valence-electron chi connectivity index (χ1n) is 13.5. The van der Waals surface area contributed by atoms with Gasteiger partial charge in [-0.05, 0) is 59.9 Å². The largest absolute Gasteiger partial charge is 0.381 e. The number of benzene rings is 1. The molecule has 38 heavy (non-hydrogen) atoms. The van der Waals surface area contributed by atoms with E-state index < -0.39 is 0 Å². The van der Waals surface area contributed by atoms with Crippen LogP contribution in [0.1, 0.15) is 30.9 Å². The molecule has 3 aromatic rings. The molecule has 196 valence electrons. The highest BCUT2D eigenvalue weighted by Gasteiger charge is 2.25. The van der Waals surface area contributed by atoms with Crippen LogP contribution < -0.4 is 15.5 Å². The number of fused-ring (bicyclic) bond motifs is 1. The molecular formula is C30H34N6O2. The van der Waals surface area contributed by atoms with Gasteiger partial charge in [-0.1, -0.05) is 13.0 Å². The Morgan fingerprint density at radius 2 is 1.89 bits per heavy atom. The zero-order valence-corrected chi connectivity index (χ0v) is 21.9. The van der Waals surface area contributed by atoms with Gasteiger partial charge in [0.15, 0.2) is 0 Å². The zero-order chi connectivity index (χ0) is 25.9. The van der Waals surface area contributed by atoms with Crippen LogP contribution in [0.3, 0.4) is 0 Å². The Labute approximate surface area is 223 Å². The van der Waals surface area contributed by atoms with E-state index in [0.717, 1.165) is 91.7 Å². The van der Waals surface area contributed by atoms with E-state index in [1.165, 1.54) is 12.0 Å². The van der Waals surface area contributed by atoms with Gasteiger partial charge < -0.3 is 20.3 Å². The van der Waals surface area contributed by atoms with E-state index in [2.05, 4.69) is 61.6 Å². The van der Waals surface area contributed by atoms with Gasteiger partial charge in [0.25, 0.3) is 5.91 Å². The Bertz CT molecular complexity index is 1340. The molecule has 0 spiro atoms. The number of nitrogens with zero attached hydrogens (tertiary/aromatic N) is 4. The molecule has 5 heterocycles. The Morgan fingerprint density at radius 1 is 1.03 bits per heavy atom. The van der Waals surface area contributed by atoms with Crippen LogP contribution in [0.5, 0.6) is 0 Å². The van der Waals surface area contributed by atoms with Crippen molar-refractivity contribution in [1.82, 2.24) is 14.9 Å². The number of morpholine rings is 1. The van der Waals surface area contributed by atoms with E-state index in [9.17, 15) is 4.79 Å². The zero-order valence-electron chi connectivity index (χ0n) is 21.9. The Morgan fingerprint density at radius 3 is 2.63 bits per heavy atom. The molecule has 1 amide bonds. The molecule has 2 fully saturated rings. The van der Waals surface area contributed by atoms with Crippen LogP contribution in [0.4, 0.5) is 17.2 Å². The van der Waals surface area contributed by atoms with Crippen molar-refractivity contribution in [1.29, 1.82) is 0 Å². The summed E-state index contributed by atoms with van der Waals surface area (Å²) in [6, 6.07) is 12.4. The van der Waals surface area contributed by atoms with Crippen LogP contribution in [0, 0.1) is 0 Å². The molecule has 2 N–H and O–H groups in total. The molecule has 3 aliphatic rings. The maximum Gasteiger partial charge on any atom is 0.256 e. The molecule has 2 saturated heterocycles. The molecule has 6 rings (SSSR count). The predicted molar refractivity (Wildman–Crippen MR) is 151 cm³/mol. The topological polar surface area (TPSA) is 82.6 Å². The van der Waals surface area contributed by atoms with Gasteiger partial charge >= 0.3 is 0 Å². The number of aromatic nitrogens is 2. The standard InChI is InChI=1S/C30H34N6O2/c1-2-22-18-32-27-6-4-23(24-14-21(16-31-17-24)20-35-10-12-38-13-11-35)15-26(27)29(22)30(37)34-25-5-7-28(33-19-25)36-8-3-9-36/h4-7,14-17,19,32H,2-3,8-13,18,20H2,1H3,(H,34,37). The quantitative estimate of drug-likeness (QED) is 0.487. The number of hydrogen-bond donors (Lipinski definition) is 2. The van der Waals surface area contributed by atoms with Gasteiger partial charge in [0.05, 0.1) is 25.1 Å². The maximum atomic E-state index is 13.6. The molecule has 2 aromatic heterocycles. The summed E-state index contributed by atoms with van der Waals surface area (Å²) in [6.45, 7) is 9.14. The lowest BCUT2D eigenvalue weighted by Gasteiger charge is -2.32. The van der Waals surface area contributed by atoms with Gasteiger partial charge in [0.2, 0.25) is 0 Å². The second-order valence-corrected chi connectivity index (χ2v) is 10.1. The SMILES string of the molecule is CCC1=C(C(=O)Nc2ccc(N3CCC3)nc2)c2cc(-c3cncc(CN4CCOCC4)c3)ccc2NC1. The van der Waals surface area contributed by atoms with Gasteiger partial charge in [-0.3, -0.25) is 14.7 Å². The normalized spacial score (nSPS) is 17.4. The Balaban J connectivity index is 1.26. The minimum absolute atomic E-state index is 0.0977. The summed E-state index contributed by atoms with van der Waals surface area (Å²) in [5, 5.41) is 6.60. The first-order valence-corrected chi connectivity index (χ1v) is 13.5. The minimum Gasteiger partial charge on any atom is -0.381 e. The number of hydrogen-bond acceptors (Lipinski definition) is 7. The van der Waals surface area contributed by atoms with E-state index in [-0.39, 0.29) is 5.91 Å². The number of rotatable bonds is 7. The molecule has 0 unspecified atom stereocenters. The van der Waals surface area contributed by atoms with Gasteiger partial charge in [-0.25, -0.2) is 4.98 Å². The van der Waals surface area contributed by atoms with E-state index in [0.29, 0.717) is 12.2 Å². The summed E-state index contributed by atoms with van der Waals surface area (Å²) in [7, 11) is 0. The second kappa shape index (κ2) is 10.9. The lowest BCUT2D eigenvalue weighted by molar-refractivity contribution is -0.111. The summed E-state index contributed by atoms with van der Waals surface area (Å²) >= 11 is 0. The van der Waals surface area contributed by atoms with Crippen molar-refractivity contribution in [2.75, 3.05) is 61.5 Å². The molecular weight excluding hydrogens is 476 g/mol. The van der Waals surface area contributed by atoms with E-state index >= 15 is 0 Å². The van der Waals surface area contributed by atoms with Crippen molar-refractivity contribution in [2.24, 2.45) is 0 Å². The second-order valence-electron chi connectivity index (χ2n) is 10.1. The monoisotopic (exact) mass is 510 g/mol. The van der Waals surface area contributed by atoms with Crippen molar-refractivity contribution in [2.45, 2.75) is 26.3 Å². The predicted octanol–water partition coefficient (Wildman–Crippen LogP) is 4.41. The first-order chi connectivity index (χ1) is 18.7. The highest BCUT2D eigenvalue weighted by Crippen LogP contribution is 2.36. The average molecular weight is 511 g/mol. The minimum atomic E-state index is -0.0977. The van der Waals surface area contributed by atoms with Crippen LogP contribution >= 0.6 is 0 Å². The van der Waals surface area contributed by atoms with Crippen molar-refractivity contribution in [3.63, 3.8) is 0 Å². The number of anilines is 3. The Kier molecular flexibility index (Phi) is 7.07. The van der Waals surface area contributed by atoms with Crippen molar-refractivity contribution >= 4 is 28.7 Å². The summed E-state index contributed by atoms with van der Waals surface area (Å²) in [6.07, 6.45) is 7.59. The van der Waals surface area contributed by atoms with Crippen molar-refractivity contribution < 1.29 is 9.53 Å². The maximum absolute atomic E-state index is 13.6. The number of ether oxygens (including phenoxy) is 1.